The molecule has 1 aromatic carbocycles. The maximum absolute atomic E-state index is 13.5. The Bertz CT molecular complexity index is 665. The number of fused-ring (bicyclic) bond motifs is 1. The van der Waals surface area contributed by atoms with Crippen LogP contribution in [-0.4, -0.2) is 29.2 Å². The fourth-order valence-corrected chi connectivity index (χ4v) is 3.56. The highest BCUT2D eigenvalue weighted by Gasteiger charge is 2.47. The van der Waals surface area contributed by atoms with E-state index in [9.17, 15) is 18.8 Å². The van der Waals surface area contributed by atoms with Gasteiger partial charge in [0.2, 0.25) is 17.7 Å². The van der Waals surface area contributed by atoms with Gasteiger partial charge in [0.25, 0.3) is 0 Å². The molecule has 3 amide bonds. The van der Waals surface area contributed by atoms with Crippen molar-refractivity contribution in [3.63, 3.8) is 0 Å². The van der Waals surface area contributed by atoms with Gasteiger partial charge in [-0.2, -0.15) is 0 Å². The SMILES string of the molecule is Cc1ccc(NC(=O)CCN2C(=O)C3CCCCC3C2=O)cc1F. The molecular formula is C18H21FN2O3. The quantitative estimate of drug-likeness (QED) is 0.862. The maximum atomic E-state index is 13.5. The minimum Gasteiger partial charge on any atom is -0.326 e. The minimum atomic E-state index is -0.387. The summed E-state index contributed by atoms with van der Waals surface area (Å²) in [5, 5.41) is 2.60. The van der Waals surface area contributed by atoms with Crippen molar-refractivity contribution in [3.8, 4) is 0 Å². The first-order chi connectivity index (χ1) is 11.5. The third-order valence-electron chi connectivity index (χ3n) is 4.95. The second-order valence-corrected chi connectivity index (χ2v) is 6.59. The van der Waals surface area contributed by atoms with Gasteiger partial charge < -0.3 is 5.32 Å². The summed E-state index contributed by atoms with van der Waals surface area (Å²) < 4.78 is 13.5. The van der Waals surface area contributed by atoms with Gasteiger partial charge in [0.15, 0.2) is 0 Å². The number of nitrogens with one attached hydrogen (secondary N) is 1. The number of nitrogens with zero attached hydrogens (tertiary/aromatic N) is 1. The zero-order valence-corrected chi connectivity index (χ0v) is 13.7. The molecule has 2 aliphatic rings. The summed E-state index contributed by atoms with van der Waals surface area (Å²) >= 11 is 0. The average Bonchev–Trinajstić information content (AvgIpc) is 2.81. The van der Waals surface area contributed by atoms with Crippen LogP contribution in [0.4, 0.5) is 10.1 Å². The third kappa shape index (κ3) is 3.18. The van der Waals surface area contributed by atoms with Crippen LogP contribution in [0.25, 0.3) is 0 Å². The molecule has 1 saturated carbocycles. The maximum Gasteiger partial charge on any atom is 0.233 e. The van der Waals surface area contributed by atoms with Gasteiger partial charge >= 0.3 is 0 Å². The Kier molecular flexibility index (Phi) is 4.64. The molecule has 0 bridgehead atoms. The fraction of sp³-hybridized carbons (Fsp3) is 0.500. The molecule has 2 atom stereocenters. The average molecular weight is 332 g/mol. The lowest BCUT2D eigenvalue weighted by Crippen LogP contribution is -2.34. The first kappa shape index (κ1) is 16.6. The van der Waals surface area contributed by atoms with Crippen molar-refractivity contribution >= 4 is 23.4 Å². The number of likely N-dealkylation sites (tertiary alicyclic amines) is 1. The van der Waals surface area contributed by atoms with Gasteiger partial charge in [-0.15, -0.1) is 0 Å². The Morgan fingerprint density at radius 1 is 1.21 bits per heavy atom. The van der Waals surface area contributed by atoms with Crippen LogP contribution < -0.4 is 5.32 Å². The smallest absolute Gasteiger partial charge is 0.233 e. The number of imide groups is 1. The van der Waals surface area contributed by atoms with E-state index in [4.69, 9.17) is 0 Å². The Hall–Kier alpha value is -2.24. The van der Waals surface area contributed by atoms with Crippen molar-refractivity contribution in [3.05, 3.63) is 29.6 Å². The van der Waals surface area contributed by atoms with E-state index in [1.54, 1.807) is 19.1 Å². The molecule has 1 N–H and O–H groups in total. The molecule has 128 valence electrons. The summed E-state index contributed by atoms with van der Waals surface area (Å²) in [5.41, 5.74) is 0.875. The number of carbonyl (C=O) groups is 3. The van der Waals surface area contributed by atoms with Gasteiger partial charge in [-0.25, -0.2) is 4.39 Å². The van der Waals surface area contributed by atoms with Crippen molar-refractivity contribution in [2.24, 2.45) is 11.8 Å². The van der Waals surface area contributed by atoms with Crippen LogP contribution in [0.1, 0.15) is 37.7 Å². The van der Waals surface area contributed by atoms with Gasteiger partial charge in [0, 0.05) is 18.7 Å². The largest absolute Gasteiger partial charge is 0.326 e. The van der Waals surface area contributed by atoms with Crippen LogP contribution in [0.2, 0.25) is 0 Å². The molecule has 0 aromatic heterocycles. The lowest BCUT2D eigenvalue weighted by atomic mass is 9.81. The second kappa shape index (κ2) is 6.71. The first-order valence-corrected chi connectivity index (χ1v) is 8.38. The van der Waals surface area contributed by atoms with Crippen molar-refractivity contribution in [1.29, 1.82) is 0 Å². The fourth-order valence-electron chi connectivity index (χ4n) is 3.56. The number of hydrogen-bond acceptors (Lipinski definition) is 3. The lowest BCUT2D eigenvalue weighted by Gasteiger charge is -2.19. The molecule has 1 aliphatic heterocycles. The molecule has 1 aliphatic carbocycles. The van der Waals surface area contributed by atoms with E-state index in [-0.39, 0.29) is 48.3 Å². The Labute approximate surface area is 140 Å². The van der Waals surface area contributed by atoms with Crippen LogP contribution in [-0.2, 0) is 14.4 Å². The van der Waals surface area contributed by atoms with Crippen LogP contribution in [0, 0.1) is 24.6 Å². The van der Waals surface area contributed by atoms with Crippen molar-refractivity contribution in [1.82, 2.24) is 4.90 Å². The molecule has 3 rings (SSSR count). The van der Waals surface area contributed by atoms with Crippen LogP contribution in [0.5, 0.6) is 0 Å². The molecule has 1 heterocycles. The normalized spacial score (nSPS) is 23.3. The highest BCUT2D eigenvalue weighted by molar-refractivity contribution is 6.05. The van der Waals surface area contributed by atoms with E-state index in [0.29, 0.717) is 11.3 Å². The van der Waals surface area contributed by atoms with Crippen LogP contribution in [0.15, 0.2) is 18.2 Å². The topological polar surface area (TPSA) is 66.5 Å². The molecule has 2 unspecified atom stereocenters. The first-order valence-electron chi connectivity index (χ1n) is 8.38. The number of hydrogen-bond donors (Lipinski definition) is 1. The van der Waals surface area contributed by atoms with Gasteiger partial charge in [0.05, 0.1) is 11.8 Å². The third-order valence-corrected chi connectivity index (χ3v) is 4.95. The van der Waals surface area contributed by atoms with Crippen molar-refractivity contribution in [2.75, 3.05) is 11.9 Å². The standard InChI is InChI=1S/C18H21FN2O3/c1-11-6-7-12(10-15(11)19)20-16(22)8-9-21-17(23)13-4-2-3-5-14(13)18(21)24/h6-7,10,13-14H,2-5,8-9H2,1H3,(H,20,22). The Morgan fingerprint density at radius 3 is 2.42 bits per heavy atom. The molecule has 0 spiro atoms. The molecular weight excluding hydrogens is 311 g/mol. The summed E-state index contributed by atoms with van der Waals surface area (Å²) in [4.78, 5) is 37.9. The highest BCUT2D eigenvalue weighted by atomic mass is 19.1. The summed E-state index contributed by atoms with van der Waals surface area (Å²) in [6.07, 6.45) is 3.51. The number of rotatable bonds is 4. The van der Waals surface area contributed by atoms with E-state index < -0.39 is 0 Å². The summed E-state index contributed by atoms with van der Waals surface area (Å²) in [5.74, 6) is -1.39. The predicted molar refractivity (Wildman–Crippen MR) is 86.6 cm³/mol. The number of carbonyl (C=O) groups excluding carboxylic acids is 3. The van der Waals surface area contributed by atoms with Gasteiger partial charge in [0.1, 0.15) is 5.82 Å². The summed E-state index contributed by atoms with van der Waals surface area (Å²) in [7, 11) is 0. The van der Waals surface area contributed by atoms with Crippen LogP contribution in [0.3, 0.4) is 0 Å². The van der Waals surface area contributed by atoms with E-state index in [2.05, 4.69) is 5.32 Å². The highest BCUT2D eigenvalue weighted by Crippen LogP contribution is 2.37. The second-order valence-electron chi connectivity index (χ2n) is 6.59. The van der Waals surface area contributed by atoms with Crippen LogP contribution >= 0.6 is 0 Å². The van der Waals surface area contributed by atoms with Gasteiger partial charge in [-0.3, -0.25) is 19.3 Å². The molecule has 1 saturated heterocycles. The number of benzene rings is 1. The zero-order valence-electron chi connectivity index (χ0n) is 13.7. The molecule has 24 heavy (non-hydrogen) atoms. The summed E-state index contributed by atoms with van der Waals surface area (Å²) in [6, 6.07) is 4.47. The Morgan fingerprint density at radius 2 is 1.83 bits per heavy atom. The summed E-state index contributed by atoms with van der Waals surface area (Å²) in [6.45, 7) is 1.73. The number of amides is 3. The van der Waals surface area contributed by atoms with E-state index >= 15 is 0 Å². The molecule has 6 heteroatoms. The minimum absolute atomic E-state index is 0.0203. The molecule has 2 fully saturated rings. The Balaban J connectivity index is 1.57. The van der Waals surface area contributed by atoms with E-state index in [0.717, 1.165) is 25.7 Å². The zero-order chi connectivity index (χ0) is 17.3. The van der Waals surface area contributed by atoms with Gasteiger partial charge in [-0.1, -0.05) is 18.9 Å². The molecule has 1 aromatic rings. The number of aryl methyl sites for hydroxylation is 1. The number of halogens is 1. The predicted octanol–water partition coefficient (Wildman–Crippen LogP) is 2.64. The monoisotopic (exact) mass is 332 g/mol. The van der Waals surface area contributed by atoms with Crippen molar-refractivity contribution < 1.29 is 18.8 Å². The van der Waals surface area contributed by atoms with E-state index in [1.807, 2.05) is 0 Å². The molecule has 5 nitrogen and oxygen atoms in total. The molecule has 0 radical (unpaired) electrons. The van der Waals surface area contributed by atoms with E-state index in [1.165, 1.54) is 11.0 Å². The number of anilines is 1. The van der Waals surface area contributed by atoms with Crippen molar-refractivity contribution in [2.45, 2.75) is 39.0 Å². The van der Waals surface area contributed by atoms with Gasteiger partial charge in [-0.05, 0) is 37.5 Å². The lowest BCUT2D eigenvalue weighted by molar-refractivity contribution is -0.140.